The molecule has 3 N–H and O–H groups in total. The molecule has 0 unspecified atom stereocenters. The van der Waals surface area contributed by atoms with Gasteiger partial charge in [0.2, 0.25) is 0 Å². The molecule has 0 aliphatic rings. The van der Waals surface area contributed by atoms with Crippen LogP contribution in [0.2, 0.25) is 0 Å². The molecule has 0 aliphatic heterocycles. The maximum atomic E-state index is 10.0. The van der Waals surface area contributed by atoms with Crippen molar-refractivity contribution in [2.75, 3.05) is 13.2 Å². The van der Waals surface area contributed by atoms with Crippen molar-refractivity contribution in [3.63, 3.8) is 0 Å². The highest BCUT2D eigenvalue weighted by Crippen LogP contribution is 2.29. The fourth-order valence-electron chi connectivity index (χ4n) is 2.02. The number of aromatic amines is 1. The molecule has 20 heavy (non-hydrogen) atoms. The molecule has 0 saturated carbocycles. The van der Waals surface area contributed by atoms with Gasteiger partial charge in [-0.2, -0.15) is 0 Å². The zero-order valence-corrected chi connectivity index (χ0v) is 11.7. The van der Waals surface area contributed by atoms with Gasteiger partial charge in [0.1, 0.15) is 5.82 Å². The number of nitrogens with one attached hydrogen (secondary N) is 2. The number of H-pyrrole nitrogens is 1. The number of ether oxygens (including phenoxy) is 1. The average molecular weight is 275 g/mol. The summed E-state index contributed by atoms with van der Waals surface area (Å²) in [6.07, 6.45) is 5.52. The van der Waals surface area contributed by atoms with E-state index in [1.54, 1.807) is 12.3 Å². The first-order valence-corrected chi connectivity index (χ1v) is 6.94. The smallest absolute Gasteiger partial charge is 0.162 e. The van der Waals surface area contributed by atoms with Gasteiger partial charge >= 0.3 is 0 Å². The van der Waals surface area contributed by atoms with Gasteiger partial charge in [0.05, 0.1) is 6.61 Å². The van der Waals surface area contributed by atoms with Crippen LogP contribution >= 0.6 is 0 Å². The summed E-state index contributed by atoms with van der Waals surface area (Å²) in [6, 6.07) is 5.57. The summed E-state index contributed by atoms with van der Waals surface area (Å²) in [5.41, 5.74) is 0.856. The van der Waals surface area contributed by atoms with Crippen molar-refractivity contribution in [2.24, 2.45) is 0 Å². The van der Waals surface area contributed by atoms with Crippen molar-refractivity contribution >= 4 is 0 Å². The Hall–Kier alpha value is -2.01. The molecule has 5 nitrogen and oxygen atoms in total. The number of hydrogen-bond donors (Lipinski definition) is 3. The molecule has 5 heteroatoms. The minimum absolute atomic E-state index is 0.230. The van der Waals surface area contributed by atoms with Crippen LogP contribution in [0.15, 0.2) is 30.6 Å². The predicted molar refractivity (Wildman–Crippen MR) is 77.9 cm³/mol. The largest absolute Gasteiger partial charge is 0.504 e. The second kappa shape index (κ2) is 7.55. The summed E-state index contributed by atoms with van der Waals surface area (Å²) in [5.74, 6) is 1.78. The summed E-state index contributed by atoms with van der Waals surface area (Å²) < 4.78 is 5.36. The minimum atomic E-state index is 0.230. The number of phenols is 1. The molecular weight excluding hydrogens is 254 g/mol. The Bertz CT molecular complexity index is 512. The number of imidazole rings is 1. The first-order chi connectivity index (χ1) is 9.81. The first-order valence-electron chi connectivity index (χ1n) is 6.94. The number of phenolic OH excluding ortho intramolecular Hbond substituents is 1. The van der Waals surface area contributed by atoms with Crippen LogP contribution in [-0.4, -0.2) is 28.2 Å². The fourth-order valence-corrected chi connectivity index (χ4v) is 2.02. The average Bonchev–Trinajstić information content (AvgIpc) is 2.96. The predicted octanol–water partition coefficient (Wildman–Crippen LogP) is 2.24. The molecule has 0 saturated heterocycles. The van der Waals surface area contributed by atoms with E-state index in [0.29, 0.717) is 18.9 Å². The van der Waals surface area contributed by atoms with Gasteiger partial charge in [0, 0.05) is 30.9 Å². The van der Waals surface area contributed by atoms with Gasteiger partial charge in [-0.05, 0) is 26.0 Å². The van der Waals surface area contributed by atoms with E-state index in [1.807, 2.05) is 25.3 Å². The molecule has 0 bridgehead atoms. The molecule has 0 spiro atoms. The fraction of sp³-hybridized carbons (Fsp3) is 0.400. The Morgan fingerprint density at radius 3 is 3.05 bits per heavy atom. The van der Waals surface area contributed by atoms with Gasteiger partial charge in [-0.3, -0.25) is 0 Å². The summed E-state index contributed by atoms with van der Waals surface area (Å²) in [6.45, 7) is 3.95. The highest BCUT2D eigenvalue weighted by atomic mass is 16.5. The number of benzene rings is 1. The van der Waals surface area contributed by atoms with E-state index >= 15 is 0 Å². The lowest BCUT2D eigenvalue weighted by Gasteiger charge is -2.10. The Morgan fingerprint density at radius 1 is 1.40 bits per heavy atom. The molecule has 0 aliphatic carbocycles. The van der Waals surface area contributed by atoms with Crippen molar-refractivity contribution in [1.29, 1.82) is 0 Å². The molecule has 0 amide bonds. The van der Waals surface area contributed by atoms with Gasteiger partial charge in [-0.15, -0.1) is 0 Å². The van der Waals surface area contributed by atoms with Crippen molar-refractivity contribution in [1.82, 2.24) is 15.3 Å². The van der Waals surface area contributed by atoms with E-state index in [1.165, 1.54) is 0 Å². The molecule has 0 fully saturated rings. The third kappa shape index (κ3) is 3.99. The number of rotatable bonds is 8. The Kier molecular flexibility index (Phi) is 5.43. The highest BCUT2D eigenvalue weighted by molar-refractivity contribution is 5.45. The van der Waals surface area contributed by atoms with Crippen LogP contribution in [0.3, 0.4) is 0 Å². The van der Waals surface area contributed by atoms with Crippen LogP contribution in [0.5, 0.6) is 11.5 Å². The normalized spacial score (nSPS) is 10.7. The second-order valence-corrected chi connectivity index (χ2v) is 4.51. The molecule has 1 aromatic carbocycles. The van der Waals surface area contributed by atoms with Crippen LogP contribution in [0.25, 0.3) is 0 Å². The molecular formula is C15H21N3O2. The SMILES string of the molecule is CCOc1cccc(CNCCCc2ncc[nH]2)c1O. The summed E-state index contributed by atoms with van der Waals surface area (Å²) >= 11 is 0. The minimum Gasteiger partial charge on any atom is -0.504 e. The Morgan fingerprint density at radius 2 is 2.30 bits per heavy atom. The number of aromatic hydroxyl groups is 1. The lowest BCUT2D eigenvalue weighted by molar-refractivity contribution is 0.316. The van der Waals surface area contributed by atoms with E-state index in [9.17, 15) is 5.11 Å². The summed E-state index contributed by atoms with van der Waals surface area (Å²) in [7, 11) is 0. The second-order valence-electron chi connectivity index (χ2n) is 4.51. The molecule has 1 heterocycles. The lowest BCUT2D eigenvalue weighted by atomic mass is 10.2. The van der Waals surface area contributed by atoms with Crippen LogP contribution in [-0.2, 0) is 13.0 Å². The van der Waals surface area contributed by atoms with Gasteiger partial charge in [-0.25, -0.2) is 4.98 Å². The number of para-hydroxylation sites is 1. The van der Waals surface area contributed by atoms with Crippen molar-refractivity contribution < 1.29 is 9.84 Å². The van der Waals surface area contributed by atoms with Crippen molar-refractivity contribution in [3.05, 3.63) is 42.0 Å². The van der Waals surface area contributed by atoms with Gasteiger partial charge in [0.25, 0.3) is 0 Å². The van der Waals surface area contributed by atoms with Gasteiger partial charge in [0.15, 0.2) is 11.5 Å². The monoisotopic (exact) mass is 275 g/mol. The molecule has 0 radical (unpaired) electrons. The van der Waals surface area contributed by atoms with Gasteiger partial charge in [-0.1, -0.05) is 12.1 Å². The number of aromatic nitrogens is 2. The first kappa shape index (κ1) is 14.4. The number of hydrogen-bond acceptors (Lipinski definition) is 4. The molecule has 1 aromatic heterocycles. The quantitative estimate of drug-likeness (QED) is 0.646. The van der Waals surface area contributed by atoms with E-state index < -0.39 is 0 Å². The van der Waals surface area contributed by atoms with Crippen LogP contribution in [0.4, 0.5) is 0 Å². The van der Waals surface area contributed by atoms with Crippen molar-refractivity contribution in [3.8, 4) is 11.5 Å². The summed E-state index contributed by atoms with van der Waals surface area (Å²) in [4.78, 5) is 7.26. The van der Waals surface area contributed by atoms with Gasteiger partial charge < -0.3 is 20.1 Å². The Balaban J connectivity index is 1.75. The lowest BCUT2D eigenvalue weighted by Crippen LogP contribution is -2.15. The molecule has 108 valence electrons. The maximum Gasteiger partial charge on any atom is 0.162 e. The molecule has 0 atom stereocenters. The van der Waals surface area contributed by atoms with E-state index in [0.717, 1.165) is 30.8 Å². The third-order valence-electron chi connectivity index (χ3n) is 3.02. The van der Waals surface area contributed by atoms with Crippen LogP contribution < -0.4 is 10.1 Å². The third-order valence-corrected chi connectivity index (χ3v) is 3.02. The summed E-state index contributed by atoms with van der Waals surface area (Å²) in [5, 5.41) is 13.4. The number of nitrogens with zero attached hydrogens (tertiary/aromatic N) is 1. The Labute approximate surface area is 119 Å². The van der Waals surface area contributed by atoms with Crippen molar-refractivity contribution in [2.45, 2.75) is 26.3 Å². The van der Waals surface area contributed by atoms with E-state index in [4.69, 9.17) is 4.74 Å². The highest BCUT2D eigenvalue weighted by Gasteiger charge is 2.07. The van der Waals surface area contributed by atoms with E-state index in [2.05, 4.69) is 15.3 Å². The van der Waals surface area contributed by atoms with Crippen LogP contribution in [0.1, 0.15) is 24.7 Å². The topological polar surface area (TPSA) is 70.2 Å². The zero-order chi connectivity index (χ0) is 14.2. The standard InChI is InChI=1S/C15H21N3O2/c1-2-20-13-6-3-5-12(15(13)19)11-16-8-4-7-14-17-9-10-18-14/h3,5-6,9-10,16,19H,2,4,7-8,11H2,1H3,(H,17,18). The zero-order valence-electron chi connectivity index (χ0n) is 11.7. The van der Waals surface area contributed by atoms with Crippen LogP contribution in [0, 0.1) is 0 Å². The van der Waals surface area contributed by atoms with E-state index in [-0.39, 0.29) is 5.75 Å². The maximum absolute atomic E-state index is 10.0. The molecule has 2 aromatic rings. The molecule has 2 rings (SSSR count). The number of aryl methyl sites for hydroxylation is 1.